The van der Waals surface area contributed by atoms with E-state index in [1.165, 1.54) is 6.33 Å². The Bertz CT molecular complexity index is 1000. The molecule has 0 aliphatic carbocycles. The Morgan fingerprint density at radius 1 is 1.21 bits per heavy atom. The van der Waals surface area contributed by atoms with Crippen molar-refractivity contribution in [1.82, 2.24) is 9.97 Å². The van der Waals surface area contributed by atoms with E-state index in [1.807, 2.05) is 29.6 Å². The molecule has 8 heteroatoms. The van der Waals surface area contributed by atoms with Gasteiger partial charge in [-0.2, -0.15) is 0 Å². The first kappa shape index (κ1) is 15.8. The van der Waals surface area contributed by atoms with Crippen molar-refractivity contribution in [3.63, 3.8) is 0 Å². The van der Waals surface area contributed by atoms with Crippen LogP contribution in [0, 0.1) is 0 Å². The molecule has 4 rings (SSSR count). The Labute approximate surface area is 148 Å². The Hall–Kier alpha value is -1.70. The van der Waals surface area contributed by atoms with Crippen LogP contribution in [0.1, 0.15) is 6.42 Å². The summed E-state index contributed by atoms with van der Waals surface area (Å²) in [6.45, 7) is 0. The molecule has 1 aromatic carbocycles. The van der Waals surface area contributed by atoms with Gasteiger partial charge >= 0.3 is 0 Å². The highest BCUT2D eigenvalue weighted by Gasteiger charge is 2.28. The van der Waals surface area contributed by atoms with Crippen LogP contribution in [0.25, 0.3) is 21.3 Å². The van der Waals surface area contributed by atoms with E-state index in [9.17, 15) is 8.42 Å². The third-order valence-electron chi connectivity index (χ3n) is 4.10. The van der Waals surface area contributed by atoms with Crippen molar-refractivity contribution in [2.45, 2.75) is 12.5 Å². The fourth-order valence-electron chi connectivity index (χ4n) is 2.93. The molecule has 5 nitrogen and oxygen atoms in total. The Kier molecular flexibility index (Phi) is 3.94. The van der Waals surface area contributed by atoms with Crippen LogP contribution in [0.3, 0.4) is 0 Å². The minimum atomic E-state index is -2.94. The van der Waals surface area contributed by atoms with E-state index in [0.29, 0.717) is 17.3 Å². The van der Waals surface area contributed by atoms with Crippen LogP contribution in [-0.4, -0.2) is 35.9 Å². The number of nitrogens with zero attached hydrogens (tertiary/aromatic N) is 2. The van der Waals surface area contributed by atoms with Crippen molar-refractivity contribution in [2.75, 3.05) is 16.8 Å². The molecule has 1 aliphatic rings. The molecule has 2 aromatic heterocycles. The summed E-state index contributed by atoms with van der Waals surface area (Å²) in [5.74, 6) is 1.07. The van der Waals surface area contributed by atoms with Gasteiger partial charge in [-0.3, -0.25) is 0 Å². The topological polar surface area (TPSA) is 72.0 Å². The minimum absolute atomic E-state index is 0.105. The molecule has 3 heterocycles. The van der Waals surface area contributed by atoms with E-state index in [1.54, 1.807) is 11.3 Å². The second-order valence-corrected chi connectivity index (χ2v) is 9.33. The van der Waals surface area contributed by atoms with Crippen LogP contribution in [0.5, 0.6) is 0 Å². The highest BCUT2D eigenvalue weighted by Crippen LogP contribution is 2.37. The first-order valence-electron chi connectivity index (χ1n) is 7.47. The lowest BCUT2D eigenvalue weighted by atomic mass is 10.1. The first-order chi connectivity index (χ1) is 11.5. The molecule has 0 radical (unpaired) electrons. The van der Waals surface area contributed by atoms with Crippen molar-refractivity contribution in [3.05, 3.63) is 41.0 Å². The number of benzene rings is 1. The second kappa shape index (κ2) is 5.98. The number of rotatable bonds is 3. The number of sulfone groups is 1. The summed E-state index contributed by atoms with van der Waals surface area (Å²) >= 11 is 7.51. The minimum Gasteiger partial charge on any atom is -0.366 e. The average Bonchev–Trinajstić information content (AvgIpc) is 3.12. The molecule has 1 atom stereocenters. The highest BCUT2D eigenvalue weighted by atomic mass is 35.5. The Morgan fingerprint density at radius 2 is 2.00 bits per heavy atom. The first-order valence-corrected chi connectivity index (χ1v) is 10.5. The molecular formula is C16H14ClN3O2S2. The fraction of sp³-hybridized carbons (Fsp3) is 0.250. The zero-order valence-electron chi connectivity index (χ0n) is 12.6. The maximum Gasteiger partial charge on any atom is 0.152 e. The number of thiophene rings is 1. The summed E-state index contributed by atoms with van der Waals surface area (Å²) in [5.41, 5.74) is 2.05. The maximum absolute atomic E-state index is 11.7. The van der Waals surface area contributed by atoms with Crippen LogP contribution >= 0.6 is 22.9 Å². The van der Waals surface area contributed by atoms with E-state index >= 15 is 0 Å². The number of anilines is 1. The van der Waals surface area contributed by atoms with Crippen molar-refractivity contribution in [3.8, 4) is 11.1 Å². The van der Waals surface area contributed by atoms with Gasteiger partial charge in [0.25, 0.3) is 0 Å². The van der Waals surface area contributed by atoms with E-state index < -0.39 is 9.84 Å². The lowest BCUT2D eigenvalue weighted by molar-refractivity contribution is 0.602. The van der Waals surface area contributed by atoms with Crippen LogP contribution < -0.4 is 5.32 Å². The van der Waals surface area contributed by atoms with E-state index in [4.69, 9.17) is 11.6 Å². The maximum atomic E-state index is 11.7. The molecule has 1 N–H and O–H groups in total. The largest absolute Gasteiger partial charge is 0.366 e. The van der Waals surface area contributed by atoms with Crippen molar-refractivity contribution in [2.24, 2.45) is 0 Å². The van der Waals surface area contributed by atoms with Gasteiger partial charge in [-0.05, 0) is 24.1 Å². The molecule has 0 spiro atoms. The molecule has 1 saturated heterocycles. The zero-order chi connectivity index (χ0) is 16.7. The van der Waals surface area contributed by atoms with Crippen LogP contribution in [0.2, 0.25) is 5.02 Å². The average molecular weight is 380 g/mol. The van der Waals surface area contributed by atoms with E-state index in [-0.39, 0.29) is 17.5 Å². The number of fused-ring (bicyclic) bond motifs is 1. The van der Waals surface area contributed by atoms with E-state index in [0.717, 1.165) is 21.3 Å². The molecule has 1 unspecified atom stereocenters. The number of aromatic nitrogens is 2. The van der Waals surface area contributed by atoms with Gasteiger partial charge in [-0.25, -0.2) is 18.4 Å². The van der Waals surface area contributed by atoms with Gasteiger partial charge in [0.05, 0.1) is 16.9 Å². The number of hydrogen-bond acceptors (Lipinski definition) is 6. The molecule has 124 valence electrons. The van der Waals surface area contributed by atoms with Crippen LogP contribution in [0.15, 0.2) is 36.0 Å². The SMILES string of the molecule is O=S1(=O)CCC(Nc2ncnc3scc(-c4ccc(Cl)cc4)c23)C1. The normalized spacial score (nSPS) is 19.6. The second-order valence-electron chi connectivity index (χ2n) is 5.80. The quantitative estimate of drug-likeness (QED) is 0.752. The lowest BCUT2D eigenvalue weighted by Gasteiger charge is -2.13. The summed E-state index contributed by atoms with van der Waals surface area (Å²) in [7, 11) is -2.94. The Balaban J connectivity index is 1.76. The predicted molar refractivity (Wildman–Crippen MR) is 98.5 cm³/mol. The van der Waals surface area contributed by atoms with Gasteiger partial charge < -0.3 is 5.32 Å². The molecule has 0 saturated carbocycles. The molecule has 1 aliphatic heterocycles. The molecule has 0 amide bonds. The smallest absolute Gasteiger partial charge is 0.152 e. The van der Waals surface area contributed by atoms with Gasteiger partial charge in [-0.1, -0.05) is 23.7 Å². The molecule has 24 heavy (non-hydrogen) atoms. The van der Waals surface area contributed by atoms with Gasteiger partial charge in [0.2, 0.25) is 0 Å². The van der Waals surface area contributed by atoms with Gasteiger partial charge in [-0.15, -0.1) is 11.3 Å². The number of hydrogen-bond donors (Lipinski definition) is 1. The summed E-state index contributed by atoms with van der Waals surface area (Å²) in [6.07, 6.45) is 2.12. The van der Waals surface area contributed by atoms with Gasteiger partial charge in [0, 0.05) is 22.0 Å². The monoisotopic (exact) mass is 379 g/mol. The van der Waals surface area contributed by atoms with Gasteiger partial charge in [0.15, 0.2) is 9.84 Å². The molecular weight excluding hydrogens is 366 g/mol. The van der Waals surface area contributed by atoms with Crippen molar-refractivity contribution >= 4 is 48.8 Å². The van der Waals surface area contributed by atoms with E-state index in [2.05, 4.69) is 15.3 Å². The summed E-state index contributed by atoms with van der Waals surface area (Å²) in [4.78, 5) is 9.56. The Morgan fingerprint density at radius 3 is 2.71 bits per heavy atom. The fourth-order valence-corrected chi connectivity index (χ4v) is 5.64. The third kappa shape index (κ3) is 2.99. The summed E-state index contributed by atoms with van der Waals surface area (Å²) in [6, 6.07) is 7.51. The van der Waals surface area contributed by atoms with Gasteiger partial charge in [0.1, 0.15) is 17.0 Å². The summed E-state index contributed by atoms with van der Waals surface area (Å²) < 4.78 is 23.4. The van der Waals surface area contributed by atoms with Crippen molar-refractivity contribution < 1.29 is 8.42 Å². The third-order valence-corrected chi connectivity index (χ3v) is 7.01. The molecule has 1 fully saturated rings. The molecule has 0 bridgehead atoms. The van der Waals surface area contributed by atoms with Crippen LogP contribution in [0.4, 0.5) is 5.82 Å². The van der Waals surface area contributed by atoms with Crippen LogP contribution in [-0.2, 0) is 9.84 Å². The summed E-state index contributed by atoms with van der Waals surface area (Å²) in [5, 5.41) is 6.95. The zero-order valence-corrected chi connectivity index (χ0v) is 15.0. The standard InChI is InChI=1S/C16H14ClN3O2S2/c17-11-3-1-10(2-4-11)13-7-23-16-14(13)15(18-9-19-16)20-12-5-6-24(21,22)8-12/h1-4,7,9,12H,5-6,8H2,(H,18,19,20). The molecule has 3 aromatic rings. The highest BCUT2D eigenvalue weighted by molar-refractivity contribution is 7.91. The lowest BCUT2D eigenvalue weighted by Crippen LogP contribution is -2.21. The van der Waals surface area contributed by atoms with Crippen molar-refractivity contribution in [1.29, 1.82) is 0 Å². The predicted octanol–water partition coefficient (Wildman–Crippen LogP) is 3.61. The number of halogens is 1. The number of nitrogens with one attached hydrogen (secondary N) is 1.